The maximum Gasteiger partial charge on any atom is 0.234 e. The van der Waals surface area contributed by atoms with Gasteiger partial charge in [-0.2, -0.15) is 0 Å². The quantitative estimate of drug-likeness (QED) is 0.459. The van der Waals surface area contributed by atoms with E-state index in [9.17, 15) is 4.79 Å². The summed E-state index contributed by atoms with van der Waals surface area (Å²) in [6.45, 7) is 7.13. The van der Waals surface area contributed by atoms with Gasteiger partial charge >= 0.3 is 0 Å². The molecule has 0 fully saturated rings. The van der Waals surface area contributed by atoms with E-state index in [1.165, 1.54) is 17.3 Å². The first kappa shape index (κ1) is 21.7. The highest BCUT2D eigenvalue weighted by Gasteiger charge is 2.09. The Hall–Kier alpha value is -3.00. The third-order valence-electron chi connectivity index (χ3n) is 4.21. The van der Waals surface area contributed by atoms with Crippen LogP contribution < -0.4 is 14.8 Å². The fraction of sp³-hybridized carbons (Fsp3) is 0.318. The molecule has 0 saturated carbocycles. The molecule has 0 unspecified atom stereocenters. The Labute approximate surface area is 180 Å². The van der Waals surface area contributed by atoms with Crippen LogP contribution in [0.15, 0.2) is 53.7 Å². The fourth-order valence-corrected chi connectivity index (χ4v) is 3.25. The van der Waals surface area contributed by atoms with Gasteiger partial charge in [-0.3, -0.25) is 9.89 Å². The number of hydrogen-bond acceptors (Lipinski definition) is 6. The smallest absolute Gasteiger partial charge is 0.234 e. The highest BCUT2D eigenvalue weighted by molar-refractivity contribution is 7.99. The van der Waals surface area contributed by atoms with Gasteiger partial charge in [-0.05, 0) is 54.8 Å². The van der Waals surface area contributed by atoms with Crippen molar-refractivity contribution in [1.82, 2.24) is 15.2 Å². The Bertz CT molecular complexity index is 940. The highest BCUT2D eigenvalue weighted by atomic mass is 32.2. The zero-order chi connectivity index (χ0) is 21.3. The van der Waals surface area contributed by atoms with Crippen molar-refractivity contribution in [1.29, 1.82) is 0 Å². The molecular formula is C22H26N4O3S. The molecule has 0 spiro atoms. The van der Waals surface area contributed by atoms with Crippen LogP contribution in [-0.4, -0.2) is 33.4 Å². The average molecular weight is 427 g/mol. The van der Waals surface area contributed by atoms with Crippen LogP contribution in [0.25, 0.3) is 0 Å². The van der Waals surface area contributed by atoms with Crippen LogP contribution in [0.4, 0.5) is 5.69 Å². The molecular weight excluding hydrogens is 400 g/mol. The number of rotatable bonds is 10. The molecule has 1 amide bonds. The Balaban J connectivity index is 1.43. The lowest BCUT2D eigenvalue weighted by Gasteiger charge is -2.07. The number of aromatic nitrogens is 3. The molecule has 0 aliphatic carbocycles. The van der Waals surface area contributed by atoms with Crippen molar-refractivity contribution in [3.8, 4) is 11.5 Å². The number of carbonyl (C=O) groups is 1. The number of anilines is 1. The summed E-state index contributed by atoms with van der Waals surface area (Å²) in [7, 11) is 0. The average Bonchev–Trinajstić information content (AvgIpc) is 3.21. The molecule has 2 aromatic carbocycles. The Morgan fingerprint density at radius 3 is 2.40 bits per heavy atom. The minimum atomic E-state index is -0.128. The van der Waals surface area contributed by atoms with E-state index in [-0.39, 0.29) is 18.3 Å². The normalized spacial score (nSPS) is 10.8. The predicted octanol–water partition coefficient (Wildman–Crippen LogP) is 4.64. The molecule has 3 aromatic rings. The molecule has 1 aromatic heterocycles. The zero-order valence-corrected chi connectivity index (χ0v) is 18.2. The number of ether oxygens (including phenoxy) is 2. The Morgan fingerprint density at radius 2 is 1.73 bits per heavy atom. The van der Waals surface area contributed by atoms with Gasteiger partial charge in [0.2, 0.25) is 11.1 Å². The van der Waals surface area contributed by atoms with E-state index < -0.39 is 0 Å². The van der Waals surface area contributed by atoms with Crippen LogP contribution in [-0.2, 0) is 11.4 Å². The summed E-state index contributed by atoms with van der Waals surface area (Å²) in [5, 5.41) is 10.3. The summed E-state index contributed by atoms with van der Waals surface area (Å²) in [5.74, 6) is 2.73. The third-order valence-corrected chi connectivity index (χ3v) is 5.06. The van der Waals surface area contributed by atoms with E-state index in [0.29, 0.717) is 23.5 Å². The highest BCUT2D eigenvalue weighted by Crippen LogP contribution is 2.20. The number of amides is 1. The predicted molar refractivity (Wildman–Crippen MR) is 118 cm³/mol. The van der Waals surface area contributed by atoms with Gasteiger partial charge < -0.3 is 14.8 Å². The number of H-pyrrole nitrogens is 1. The molecule has 7 nitrogen and oxygen atoms in total. The molecule has 158 valence electrons. The number of aromatic amines is 1. The maximum absolute atomic E-state index is 12.1. The molecule has 0 radical (unpaired) electrons. The van der Waals surface area contributed by atoms with E-state index in [1.807, 2.05) is 43.3 Å². The molecule has 0 aliphatic heterocycles. The summed E-state index contributed by atoms with van der Waals surface area (Å²) in [6, 6.07) is 15.3. The summed E-state index contributed by atoms with van der Waals surface area (Å²) in [4.78, 5) is 16.5. The summed E-state index contributed by atoms with van der Waals surface area (Å²) in [5.41, 5.74) is 1.99. The van der Waals surface area contributed by atoms with Gasteiger partial charge in [0.15, 0.2) is 5.82 Å². The fourth-order valence-electron chi connectivity index (χ4n) is 2.64. The molecule has 0 saturated heterocycles. The monoisotopic (exact) mass is 426 g/mol. The molecule has 0 aliphatic rings. The standard InChI is InChI=1S/C22H26N4O3S/c1-4-28-18-11-7-17(8-12-18)23-21(27)14-30-22-24-20(25-26-22)13-29-19-9-5-16(6-10-19)15(2)3/h5-12,15H,4,13-14H2,1-3H3,(H,23,27)(H,24,25,26). The van der Waals surface area contributed by atoms with Gasteiger partial charge in [0, 0.05) is 5.69 Å². The Kier molecular flexibility index (Phi) is 7.73. The first-order chi connectivity index (χ1) is 14.5. The minimum absolute atomic E-state index is 0.128. The maximum atomic E-state index is 12.1. The van der Waals surface area contributed by atoms with Gasteiger partial charge in [-0.15, -0.1) is 5.10 Å². The van der Waals surface area contributed by atoms with Crippen molar-refractivity contribution in [2.75, 3.05) is 17.7 Å². The largest absolute Gasteiger partial charge is 0.494 e. The lowest BCUT2D eigenvalue weighted by atomic mass is 10.0. The van der Waals surface area contributed by atoms with Gasteiger partial charge in [0.1, 0.15) is 18.1 Å². The molecule has 30 heavy (non-hydrogen) atoms. The SMILES string of the molecule is CCOc1ccc(NC(=O)CSc2n[nH]c(COc3ccc(C(C)C)cc3)n2)cc1. The number of carbonyl (C=O) groups excluding carboxylic acids is 1. The molecule has 3 rings (SSSR count). The number of hydrogen-bond donors (Lipinski definition) is 2. The van der Waals surface area contributed by atoms with Crippen LogP contribution in [0.5, 0.6) is 11.5 Å². The second-order valence-electron chi connectivity index (χ2n) is 6.87. The van der Waals surface area contributed by atoms with Crippen LogP contribution in [0.1, 0.15) is 38.1 Å². The second kappa shape index (κ2) is 10.7. The van der Waals surface area contributed by atoms with Crippen molar-refractivity contribution < 1.29 is 14.3 Å². The van der Waals surface area contributed by atoms with E-state index in [0.717, 1.165) is 17.2 Å². The molecule has 8 heteroatoms. The van der Waals surface area contributed by atoms with E-state index in [2.05, 4.69) is 46.5 Å². The van der Waals surface area contributed by atoms with E-state index in [4.69, 9.17) is 9.47 Å². The summed E-state index contributed by atoms with van der Waals surface area (Å²) >= 11 is 1.26. The minimum Gasteiger partial charge on any atom is -0.494 e. The lowest BCUT2D eigenvalue weighted by Crippen LogP contribution is -2.14. The first-order valence-electron chi connectivity index (χ1n) is 9.83. The van der Waals surface area contributed by atoms with Crippen molar-refractivity contribution in [3.05, 3.63) is 59.9 Å². The Morgan fingerprint density at radius 1 is 1.07 bits per heavy atom. The first-order valence-corrected chi connectivity index (χ1v) is 10.8. The van der Waals surface area contributed by atoms with Gasteiger partial charge in [-0.25, -0.2) is 4.98 Å². The molecule has 0 bridgehead atoms. The topological polar surface area (TPSA) is 89.1 Å². The van der Waals surface area contributed by atoms with Gasteiger partial charge in [-0.1, -0.05) is 37.7 Å². The number of thioether (sulfide) groups is 1. The molecule has 2 N–H and O–H groups in total. The van der Waals surface area contributed by atoms with Crippen LogP contribution in [0.2, 0.25) is 0 Å². The number of nitrogens with zero attached hydrogens (tertiary/aromatic N) is 2. The van der Waals surface area contributed by atoms with Crippen LogP contribution in [0.3, 0.4) is 0 Å². The van der Waals surface area contributed by atoms with E-state index in [1.54, 1.807) is 0 Å². The van der Waals surface area contributed by atoms with Crippen molar-refractivity contribution >= 4 is 23.4 Å². The van der Waals surface area contributed by atoms with Crippen molar-refractivity contribution in [2.45, 2.75) is 38.5 Å². The number of nitrogens with one attached hydrogen (secondary N) is 2. The third kappa shape index (κ3) is 6.52. The molecule has 0 atom stereocenters. The van der Waals surface area contributed by atoms with E-state index >= 15 is 0 Å². The molecule has 1 heterocycles. The zero-order valence-electron chi connectivity index (χ0n) is 17.3. The van der Waals surface area contributed by atoms with Crippen LogP contribution in [0, 0.1) is 0 Å². The van der Waals surface area contributed by atoms with Crippen LogP contribution >= 0.6 is 11.8 Å². The lowest BCUT2D eigenvalue weighted by molar-refractivity contribution is -0.113. The number of benzene rings is 2. The van der Waals surface area contributed by atoms with Gasteiger partial charge in [0.25, 0.3) is 0 Å². The van der Waals surface area contributed by atoms with Crippen molar-refractivity contribution in [3.63, 3.8) is 0 Å². The second-order valence-corrected chi connectivity index (χ2v) is 7.81. The van der Waals surface area contributed by atoms with Gasteiger partial charge in [0.05, 0.1) is 12.4 Å². The summed E-state index contributed by atoms with van der Waals surface area (Å²) in [6.07, 6.45) is 0. The van der Waals surface area contributed by atoms with Crippen molar-refractivity contribution in [2.24, 2.45) is 0 Å². The summed E-state index contributed by atoms with van der Waals surface area (Å²) < 4.78 is 11.1.